The van der Waals surface area contributed by atoms with Gasteiger partial charge < -0.3 is 30.1 Å². The van der Waals surface area contributed by atoms with E-state index in [2.05, 4.69) is 107 Å². The molecule has 0 radical (unpaired) electrons. The number of H-pyrrole nitrogens is 2. The minimum absolute atomic E-state index is 0.0421. The molecule has 280 valence electrons. The Hall–Kier alpha value is -6.73. The predicted molar refractivity (Wildman–Crippen MR) is 228 cm³/mol. The highest BCUT2D eigenvalue weighted by molar-refractivity contribution is 6.01. The molecule has 0 bridgehead atoms. The zero-order valence-corrected chi connectivity index (χ0v) is 32.0. The van der Waals surface area contributed by atoms with Crippen molar-refractivity contribution >= 4 is 39.0 Å². The molecular weight excluding hydrogens is 693 g/mol. The summed E-state index contributed by atoms with van der Waals surface area (Å²) in [6, 6.07) is 48.1. The maximum atomic E-state index is 16.6. The van der Waals surface area contributed by atoms with Crippen molar-refractivity contribution in [3.63, 3.8) is 0 Å². The monoisotopic (exact) mass is 738 g/mol. The van der Waals surface area contributed by atoms with Crippen molar-refractivity contribution in [1.29, 1.82) is 0 Å². The molecule has 0 fully saturated rings. The molecular formula is C49H46N4O3. The molecule has 8 aromatic rings. The zero-order chi connectivity index (χ0) is 38.6. The summed E-state index contributed by atoms with van der Waals surface area (Å²) in [6.07, 6.45) is 4.03. The van der Waals surface area contributed by atoms with E-state index in [4.69, 9.17) is 9.47 Å². The summed E-state index contributed by atoms with van der Waals surface area (Å²) < 4.78 is 11.7. The normalized spacial score (nSPS) is 13.5. The van der Waals surface area contributed by atoms with Gasteiger partial charge in [-0.25, -0.2) is 0 Å². The van der Waals surface area contributed by atoms with Gasteiger partial charge in [0.05, 0.1) is 49.5 Å². The van der Waals surface area contributed by atoms with E-state index in [-0.39, 0.29) is 5.78 Å². The quantitative estimate of drug-likeness (QED) is 0.0892. The lowest BCUT2D eigenvalue weighted by atomic mass is 9.73. The van der Waals surface area contributed by atoms with Gasteiger partial charge in [-0.05, 0) is 72.5 Å². The van der Waals surface area contributed by atoms with E-state index in [0.29, 0.717) is 11.5 Å². The third-order valence-corrected chi connectivity index (χ3v) is 10.9. The number of aromatic amines is 2. The van der Waals surface area contributed by atoms with Crippen LogP contribution in [-0.4, -0.2) is 30.0 Å². The molecule has 4 atom stereocenters. The van der Waals surface area contributed by atoms with Crippen LogP contribution in [0.15, 0.2) is 158 Å². The Kier molecular flexibility index (Phi) is 10.3. The predicted octanol–water partition coefficient (Wildman–Crippen LogP) is 11.4. The number of aryl methyl sites for hydroxylation is 2. The summed E-state index contributed by atoms with van der Waals surface area (Å²) in [4.78, 5) is 23.6. The maximum Gasteiger partial charge on any atom is 0.152 e. The second-order valence-electron chi connectivity index (χ2n) is 14.4. The van der Waals surface area contributed by atoms with Gasteiger partial charge in [0.15, 0.2) is 5.78 Å². The average molecular weight is 739 g/mol. The molecule has 8 rings (SSSR count). The van der Waals surface area contributed by atoms with Gasteiger partial charge >= 0.3 is 0 Å². The third-order valence-electron chi connectivity index (χ3n) is 10.9. The fourth-order valence-electron chi connectivity index (χ4n) is 8.02. The number of Topliss-reactive ketones (excluding diaryl/α,β-unsaturated/α-hetero) is 1. The molecule has 7 nitrogen and oxygen atoms in total. The molecule has 0 aliphatic heterocycles. The fourth-order valence-corrected chi connectivity index (χ4v) is 8.02. The molecule has 4 unspecified atom stereocenters. The highest BCUT2D eigenvalue weighted by atomic mass is 16.5. The van der Waals surface area contributed by atoms with E-state index in [1.54, 1.807) is 14.2 Å². The molecule has 56 heavy (non-hydrogen) atoms. The molecule has 7 heteroatoms. The van der Waals surface area contributed by atoms with Crippen LogP contribution in [0.4, 0.5) is 11.4 Å². The van der Waals surface area contributed by atoms with Gasteiger partial charge in [0.1, 0.15) is 11.5 Å². The summed E-state index contributed by atoms with van der Waals surface area (Å²) in [6.45, 7) is 4.16. The van der Waals surface area contributed by atoms with Gasteiger partial charge in [-0.2, -0.15) is 0 Å². The minimum atomic E-state index is -0.690. The van der Waals surface area contributed by atoms with Crippen molar-refractivity contribution in [2.45, 2.75) is 37.8 Å². The Morgan fingerprint density at radius 3 is 1.29 bits per heavy atom. The summed E-state index contributed by atoms with van der Waals surface area (Å²) in [7, 11) is 3.35. The first-order chi connectivity index (χ1) is 27.4. The number of carbonyl (C=O) groups excluding carboxylic acids is 1. The molecule has 2 heterocycles. The number of fused-ring (bicyclic) bond motifs is 2. The SMILES string of the molecule is COc1ccccc1NC(c1ccc(C)cc1)C(C(=O)C(c1c[nH]c2ccccc12)C(Nc1ccccc1OC)c1ccc(C)cc1)c1c[nH]c2ccccc12. The molecule has 0 saturated carbocycles. The van der Waals surface area contributed by atoms with Crippen LogP contribution in [0.5, 0.6) is 11.5 Å². The highest BCUT2D eigenvalue weighted by Gasteiger charge is 2.42. The molecule has 6 aromatic carbocycles. The average Bonchev–Trinajstić information content (AvgIpc) is 3.86. The molecule has 0 spiro atoms. The number of ketones is 1. The van der Waals surface area contributed by atoms with Crippen molar-refractivity contribution in [3.05, 3.63) is 191 Å². The van der Waals surface area contributed by atoms with Gasteiger partial charge in [0.2, 0.25) is 0 Å². The van der Waals surface area contributed by atoms with Gasteiger partial charge in [-0.3, -0.25) is 4.79 Å². The Bertz CT molecular complexity index is 2410. The lowest BCUT2D eigenvalue weighted by Crippen LogP contribution is -2.34. The van der Waals surface area contributed by atoms with Crippen LogP contribution in [0.1, 0.15) is 57.3 Å². The Morgan fingerprint density at radius 2 is 0.875 bits per heavy atom. The number of methoxy groups -OCH3 is 2. The number of aromatic nitrogens is 2. The third kappa shape index (κ3) is 7.11. The molecule has 4 N–H and O–H groups in total. The van der Waals surface area contributed by atoms with Crippen molar-refractivity contribution in [2.75, 3.05) is 24.9 Å². The van der Waals surface area contributed by atoms with Gasteiger partial charge in [0, 0.05) is 34.2 Å². The first kappa shape index (κ1) is 36.3. The summed E-state index contributed by atoms with van der Waals surface area (Å²) in [5.74, 6) is 0.0479. The van der Waals surface area contributed by atoms with Gasteiger partial charge in [0.25, 0.3) is 0 Å². The van der Waals surface area contributed by atoms with E-state index in [1.165, 1.54) is 0 Å². The number of para-hydroxylation sites is 6. The lowest BCUT2D eigenvalue weighted by molar-refractivity contribution is -0.122. The Labute approximate surface area is 327 Å². The van der Waals surface area contributed by atoms with Crippen LogP contribution < -0.4 is 20.1 Å². The number of hydrogen-bond acceptors (Lipinski definition) is 5. The van der Waals surface area contributed by atoms with E-state index in [1.807, 2.05) is 85.2 Å². The minimum Gasteiger partial charge on any atom is -0.495 e. The number of nitrogens with one attached hydrogen (secondary N) is 4. The topological polar surface area (TPSA) is 91.2 Å². The van der Waals surface area contributed by atoms with Crippen LogP contribution in [0, 0.1) is 13.8 Å². The smallest absolute Gasteiger partial charge is 0.152 e. The summed E-state index contributed by atoms with van der Waals surface area (Å²) in [5.41, 5.74) is 9.56. The zero-order valence-electron chi connectivity index (χ0n) is 32.0. The summed E-state index contributed by atoms with van der Waals surface area (Å²) in [5, 5.41) is 9.69. The number of benzene rings is 6. The Balaban J connectivity index is 1.40. The van der Waals surface area contributed by atoms with Crippen LogP contribution in [0.3, 0.4) is 0 Å². The van der Waals surface area contributed by atoms with E-state index in [0.717, 1.165) is 66.6 Å². The van der Waals surface area contributed by atoms with Crippen molar-refractivity contribution < 1.29 is 14.3 Å². The van der Waals surface area contributed by atoms with Crippen LogP contribution in [0.2, 0.25) is 0 Å². The van der Waals surface area contributed by atoms with Gasteiger partial charge in [-0.1, -0.05) is 120 Å². The Morgan fingerprint density at radius 1 is 0.500 bits per heavy atom. The molecule has 0 saturated heterocycles. The van der Waals surface area contributed by atoms with Crippen LogP contribution in [-0.2, 0) is 4.79 Å². The second-order valence-corrected chi connectivity index (χ2v) is 14.4. The van der Waals surface area contributed by atoms with E-state index >= 15 is 4.79 Å². The molecule has 0 amide bonds. The number of hydrogen-bond donors (Lipinski definition) is 4. The standard InChI is InChI=1S/C49H46N4O3/c1-31-21-25-33(26-22-31)47(52-41-17-9-11-19-43(41)55-3)45(37-29-50-39-15-7-5-13-35(37)39)49(54)46(38-30-51-40-16-8-6-14-36(38)40)48(34-27-23-32(2)24-28-34)53-42-18-10-12-20-44(42)56-4/h5-30,45-48,50-53H,1-4H3. The van der Waals surface area contributed by atoms with Gasteiger partial charge in [-0.15, -0.1) is 0 Å². The van der Waals surface area contributed by atoms with Crippen molar-refractivity contribution in [2.24, 2.45) is 0 Å². The summed E-state index contributed by atoms with van der Waals surface area (Å²) >= 11 is 0. The van der Waals surface area contributed by atoms with E-state index in [9.17, 15) is 0 Å². The first-order valence-electron chi connectivity index (χ1n) is 19.0. The van der Waals surface area contributed by atoms with Crippen LogP contribution >= 0.6 is 0 Å². The van der Waals surface area contributed by atoms with Crippen molar-refractivity contribution in [3.8, 4) is 11.5 Å². The number of carbonyl (C=O) groups is 1. The maximum absolute atomic E-state index is 16.6. The van der Waals surface area contributed by atoms with Crippen LogP contribution in [0.25, 0.3) is 21.8 Å². The molecule has 0 aliphatic rings. The fraction of sp³-hybridized carbons (Fsp3) is 0.163. The molecule has 2 aromatic heterocycles. The van der Waals surface area contributed by atoms with Crippen molar-refractivity contribution in [1.82, 2.24) is 9.97 Å². The number of anilines is 2. The second kappa shape index (κ2) is 15.9. The lowest BCUT2D eigenvalue weighted by Gasteiger charge is -2.35. The number of rotatable bonds is 14. The first-order valence-corrected chi connectivity index (χ1v) is 19.0. The highest BCUT2D eigenvalue weighted by Crippen LogP contribution is 2.48. The number of ether oxygens (including phenoxy) is 2. The largest absolute Gasteiger partial charge is 0.495 e. The van der Waals surface area contributed by atoms with E-state index < -0.39 is 23.9 Å². The molecule has 0 aliphatic carbocycles.